The minimum atomic E-state index is 0.265. The molecule has 1 aliphatic heterocycles. The Balaban J connectivity index is 1.71. The minimum Gasteiger partial charge on any atom is -0.292 e. The fourth-order valence-electron chi connectivity index (χ4n) is 10.9. The zero-order valence-corrected chi connectivity index (χ0v) is 34.3. The van der Waals surface area contributed by atoms with Crippen LogP contribution in [0.2, 0.25) is 0 Å². The molecule has 51 heavy (non-hydrogen) atoms. The van der Waals surface area contributed by atoms with E-state index in [1.54, 1.807) is 0 Å². The van der Waals surface area contributed by atoms with Crippen molar-refractivity contribution in [2.75, 3.05) is 7.05 Å². The van der Waals surface area contributed by atoms with E-state index in [2.05, 4.69) is 139 Å². The van der Waals surface area contributed by atoms with Gasteiger partial charge < -0.3 is 0 Å². The number of nitrogens with zero attached hydrogens (tertiary/aromatic N) is 6. The van der Waals surface area contributed by atoms with Crippen molar-refractivity contribution >= 4 is 33.1 Å². The minimum absolute atomic E-state index is 0.265. The van der Waals surface area contributed by atoms with Crippen molar-refractivity contribution in [3.8, 4) is 22.3 Å². The standard InChI is InChI=1S/C45H56N6/c1-19-22(4)43-40(31(13)46-49(43)16)28(10)34(19)37-25(7)38(35-20(2)23(5)44-41(29(35)11)32(14)47-50(44)17)27(9)39(26(37)8)36-21(3)24(6)45-42(30(36)12)33(15)48-51(45)18/h40,43H,1-18H3. The molecule has 2 atom stereocenters. The number of likely N-dealkylation sites (N-methyl/N-ethyl adjacent to an activating group) is 1. The highest BCUT2D eigenvalue weighted by molar-refractivity contribution is 6.04. The molecule has 0 saturated heterocycles. The van der Waals surface area contributed by atoms with E-state index in [-0.39, 0.29) is 12.0 Å². The maximum Gasteiger partial charge on any atom is 0.0798 e. The van der Waals surface area contributed by atoms with Crippen LogP contribution in [0, 0.1) is 82.1 Å². The van der Waals surface area contributed by atoms with Gasteiger partial charge in [-0.25, -0.2) is 0 Å². The van der Waals surface area contributed by atoms with Crippen molar-refractivity contribution in [3.63, 3.8) is 0 Å². The van der Waals surface area contributed by atoms with Crippen LogP contribution in [-0.2, 0) is 14.1 Å². The maximum atomic E-state index is 5.00. The Morgan fingerprint density at radius 1 is 0.431 bits per heavy atom. The zero-order chi connectivity index (χ0) is 37.4. The maximum absolute atomic E-state index is 5.00. The Kier molecular flexibility index (Phi) is 7.91. The SMILES string of the molecule is CC1=NN(C)C2C(C)=C(C)C(c3c(C)c(-c4c(C)c(C)c5c(c(C)nn5C)c4C)c(C)c(-c4c(C)c(C)c5c(c(C)nn5C)c4C)c3C)=C(C)C12. The molecule has 0 fully saturated rings. The summed E-state index contributed by atoms with van der Waals surface area (Å²) in [5, 5.41) is 19.6. The first-order valence-corrected chi connectivity index (χ1v) is 18.5. The van der Waals surface area contributed by atoms with Gasteiger partial charge in [0, 0.05) is 43.5 Å². The number of fused-ring (bicyclic) bond motifs is 3. The molecule has 6 heteroatoms. The van der Waals surface area contributed by atoms with Crippen molar-refractivity contribution in [3.05, 3.63) is 83.7 Å². The van der Waals surface area contributed by atoms with Gasteiger partial charge >= 0.3 is 0 Å². The molecule has 0 amide bonds. The fraction of sp³-hybridized carbons (Fsp3) is 0.444. The molecule has 0 radical (unpaired) electrons. The number of hydrazone groups is 1. The molecule has 2 aromatic heterocycles. The van der Waals surface area contributed by atoms with E-state index >= 15 is 0 Å². The predicted octanol–water partition coefficient (Wildman–Crippen LogP) is 10.6. The number of rotatable bonds is 3. The van der Waals surface area contributed by atoms with E-state index in [1.165, 1.54) is 128 Å². The lowest BCUT2D eigenvalue weighted by Crippen LogP contribution is -2.36. The van der Waals surface area contributed by atoms with Gasteiger partial charge in [0.15, 0.2) is 0 Å². The second-order valence-electron chi connectivity index (χ2n) is 16.0. The molecular weight excluding hydrogens is 625 g/mol. The van der Waals surface area contributed by atoms with Crippen LogP contribution in [0.15, 0.2) is 21.8 Å². The van der Waals surface area contributed by atoms with Crippen LogP contribution in [0.4, 0.5) is 0 Å². The summed E-state index contributed by atoms with van der Waals surface area (Å²) in [6.07, 6.45) is 0. The number of allylic oxidation sites excluding steroid dienone is 2. The molecular formula is C45H56N6. The Morgan fingerprint density at radius 2 is 0.824 bits per heavy atom. The van der Waals surface area contributed by atoms with Crippen LogP contribution < -0.4 is 0 Å². The molecule has 0 saturated carbocycles. The summed E-state index contributed by atoms with van der Waals surface area (Å²) >= 11 is 0. The lowest BCUT2D eigenvalue weighted by molar-refractivity contribution is 0.289. The Hall–Kier alpha value is -4.45. The summed E-state index contributed by atoms with van der Waals surface area (Å²) in [5.74, 6) is 0.265. The Labute approximate surface area is 304 Å². The van der Waals surface area contributed by atoms with Gasteiger partial charge in [0.25, 0.3) is 0 Å². The lowest BCUT2D eigenvalue weighted by atomic mass is 9.69. The van der Waals surface area contributed by atoms with Gasteiger partial charge in [-0.2, -0.15) is 15.3 Å². The normalized spacial score (nSPS) is 17.9. The number of hydrogen-bond acceptors (Lipinski definition) is 4. The van der Waals surface area contributed by atoms with Gasteiger partial charge in [-0.1, -0.05) is 5.57 Å². The largest absolute Gasteiger partial charge is 0.292 e. The van der Waals surface area contributed by atoms with Crippen LogP contribution in [0.3, 0.4) is 0 Å². The highest BCUT2D eigenvalue weighted by Gasteiger charge is 2.42. The molecule has 0 bridgehead atoms. The average Bonchev–Trinajstić information content (AvgIpc) is 3.65. The van der Waals surface area contributed by atoms with Gasteiger partial charge in [0.1, 0.15) is 0 Å². The van der Waals surface area contributed by atoms with Crippen molar-refractivity contribution in [2.45, 2.75) is 110 Å². The third-order valence-electron chi connectivity index (χ3n) is 13.3. The molecule has 5 aromatic rings. The second kappa shape index (κ2) is 11.5. The van der Waals surface area contributed by atoms with E-state index in [0.29, 0.717) is 0 Å². The molecule has 3 heterocycles. The van der Waals surface area contributed by atoms with Gasteiger partial charge in [-0.3, -0.25) is 14.4 Å². The van der Waals surface area contributed by atoms with E-state index in [0.717, 1.165) is 11.4 Å². The molecule has 7 rings (SSSR count). The summed E-state index contributed by atoms with van der Waals surface area (Å²) in [4.78, 5) is 0. The fourth-order valence-corrected chi connectivity index (χ4v) is 10.9. The molecule has 3 aromatic carbocycles. The number of hydrogen-bond donors (Lipinski definition) is 0. The molecule has 0 spiro atoms. The first kappa shape index (κ1) is 35.0. The quantitative estimate of drug-likeness (QED) is 0.191. The number of aryl methyl sites for hydroxylation is 8. The van der Waals surface area contributed by atoms with Crippen molar-refractivity contribution in [1.82, 2.24) is 24.6 Å². The molecule has 2 aliphatic rings. The predicted molar refractivity (Wildman–Crippen MR) is 217 cm³/mol. The van der Waals surface area contributed by atoms with Crippen LogP contribution >= 0.6 is 0 Å². The van der Waals surface area contributed by atoms with E-state index < -0.39 is 0 Å². The lowest BCUT2D eigenvalue weighted by Gasteiger charge is -2.36. The number of benzene rings is 3. The van der Waals surface area contributed by atoms with Crippen molar-refractivity contribution in [2.24, 2.45) is 25.1 Å². The van der Waals surface area contributed by atoms with Gasteiger partial charge in [-0.15, -0.1) is 0 Å². The molecule has 6 nitrogen and oxygen atoms in total. The molecule has 1 aliphatic carbocycles. The topological polar surface area (TPSA) is 51.2 Å². The van der Waals surface area contributed by atoms with E-state index in [9.17, 15) is 0 Å². The van der Waals surface area contributed by atoms with Gasteiger partial charge in [-0.05, 0) is 198 Å². The third-order valence-corrected chi connectivity index (χ3v) is 13.3. The third kappa shape index (κ3) is 4.44. The number of aromatic nitrogens is 4. The zero-order valence-electron chi connectivity index (χ0n) is 34.3. The van der Waals surface area contributed by atoms with Crippen LogP contribution in [0.5, 0.6) is 0 Å². The summed E-state index contributed by atoms with van der Waals surface area (Å²) < 4.78 is 4.14. The Morgan fingerprint density at radius 3 is 1.25 bits per heavy atom. The first-order chi connectivity index (χ1) is 23.8. The molecule has 2 unspecified atom stereocenters. The molecule has 266 valence electrons. The van der Waals surface area contributed by atoms with Crippen molar-refractivity contribution in [1.29, 1.82) is 0 Å². The molecule has 0 N–H and O–H groups in total. The summed E-state index contributed by atoms with van der Waals surface area (Å²) in [5.41, 5.74) is 30.2. The monoisotopic (exact) mass is 680 g/mol. The van der Waals surface area contributed by atoms with E-state index in [4.69, 9.17) is 15.3 Å². The van der Waals surface area contributed by atoms with Crippen LogP contribution in [0.25, 0.3) is 49.6 Å². The van der Waals surface area contributed by atoms with Crippen molar-refractivity contribution < 1.29 is 0 Å². The van der Waals surface area contributed by atoms with Crippen LogP contribution in [-0.4, -0.2) is 43.4 Å². The van der Waals surface area contributed by atoms with E-state index in [1.807, 2.05) is 0 Å². The smallest absolute Gasteiger partial charge is 0.0798 e. The summed E-state index contributed by atoms with van der Waals surface area (Å²) in [7, 11) is 6.30. The van der Waals surface area contributed by atoms with Gasteiger partial charge in [0.05, 0.1) is 28.5 Å². The second-order valence-corrected chi connectivity index (χ2v) is 16.0. The summed E-state index contributed by atoms with van der Waals surface area (Å²) in [6, 6.07) is 0.268. The van der Waals surface area contributed by atoms with Crippen LogP contribution in [0.1, 0.15) is 94.7 Å². The highest BCUT2D eigenvalue weighted by Crippen LogP contribution is 2.52. The summed E-state index contributed by atoms with van der Waals surface area (Å²) in [6.45, 7) is 34.6. The first-order valence-electron chi connectivity index (χ1n) is 18.5. The highest BCUT2D eigenvalue weighted by atomic mass is 15.5. The average molecular weight is 681 g/mol. The Bertz CT molecular complexity index is 2370. The van der Waals surface area contributed by atoms with Gasteiger partial charge in [0.2, 0.25) is 0 Å².